The highest BCUT2D eigenvalue weighted by Crippen LogP contribution is 2.23. The molecule has 0 aliphatic carbocycles. The molecule has 3 aromatic rings. The van der Waals surface area contributed by atoms with Crippen LogP contribution in [0.25, 0.3) is 10.9 Å². The quantitative estimate of drug-likeness (QED) is 0.673. The summed E-state index contributed by atoms with van der Waals surface area (Å²) in [4.78, 5) is 21.1. The van der Waals surface area contributed by atoms with Gasteiger partial charge in [0.25, 0.3) is 0 Å². The number of aromatic nitrogens is 2. The van der Waals surface area contributed by atoms with Crippen LogP contribution in [-0.2, 0) is 17.6 Å². The second-order valence-corrected chi connectivity index (χ2v) is 6.74. The molecule has 2 heterocycles. The summed E-state index contributed by atoms with van der Waals surface area (Å²) in [7, 11) is 0. The van der Waals surface area contributed by atoms with Crippen LogP contribution in [0.4, 0.5) is 5.13 Å². The lowest BCUT2D eigenvalue weighted by Crippen LogP contribution is -2.37. The summed E-state index contributed by atoms with van der Waals surface area (Å²) in [6.45, 7) is 4.06. The van der Waals surface area contributed by atoms with Gasteiger partial charge >= 0.3 is 0 Å². The highest BCUT2D eigenvalue weighted by molar-refractivity contribution is 7.15. The van der Waals surface area contributed by atoms with Crippen LogP contribution < -0.4 is 11.1 Å². The highest BCUT2D eigenvalue weighted by atomic mass is 32.1. The molecule has 2 aromatic heterocycles. The van der Waals surface area contributed by atoms with E-state index in [1.807, 2.05) is 37.4 Å². The van der Waals surface area contributed by atoms with Crippen LogP contribution in [0.15, 0.2) is 30.5 Å². The second kappa shape index (κ2) is 6.52. The van der Waals surface area contributed by atoms with Crippen molar-refractivity contribution in [2.75, 3.05) is 5.32 Å². The van der Waals surface area contributed by atoms with E-state index >= 15 is 0 Å². The molecule has 6 heteroatoms. The fourth-order valence-corrected chi connectivity index (χ4v) is 3.54. The summed E-state index contributed by atoms with van der Waals surface area (Å²) in [6.07, 6.45) is 3.26. The lowest BCUT2D eigenvalue weighted by molar-refractivity contribution is -0.117. The van der Waals surface area contributed by atoms with Crippen molar-refractivity contribution in [3.05, 3.63) is 46.6 Å². The summed E-state index contributed by atoms with van der Waals surface area (Å²) in [5, 5.41) is 4.56. The normalized spacial score (nSPS) is 12.5. The van der Waals surface area contributed by atoms with E-state index in [0.717, 1.165) is 33.5 Å². The number of amides is 1. The van der Waals surface area contributed by atoms with Crippen LogP contribution >= 0.6 is 11.3 Å². The number of nitrogens with one attached hydrogen (secondary N) is 2. The van der Waals surface area contributed by atoms with E-state index in [4.69, 9.17) is 5.73 Å². The van der Waals surface area contributed by atoms with Gasteiger partial charge in [0, 0.05) is 22.0 Å². The Morgan fingerprint density at radius 3 is 2.96 bits per heavy atom. The Hall–Kier alpha value is -2.18. The molecule has 1 aromatic carbocycles. The van der Waals surface area contributed by atoms with Gasteiger partial charge in [0.15, 0.2) is 5.13 Å². The minimum atomic E-state index is -0.608. The van der Waals surface area contributed by atoms with Gasteiger partial charge in [-0.2, -0.15) is 0 Å². The molecule has 120 valence electrons. The van der Waals surface area contributed by atoms with E-state index in [9.17, 15) is 4.79 Å². The molecule has 0 aliphatic heterocycles. The third-order valence-corrected chi connectivity index (χ3v) is 4.84. The Morgan fingerprint density at radius 1 is 1.43 bits per heavy atom. The smallest absolute Gasteiger partial charge is 0.243 e. The Bertz CT molecular complexity index is 836. The summed E-state index contributed by atoms with van der Waals surface area (Å²) in [5.41, 5.74) is 9.20. The zero-order valence-corrected chi connectivity index (χ0v) is 14.0. The fourth-order valence-electron chi connectivity index (χ4n) is 2.64. The predicted octanol–water partition coefficient (Wildman–Crippen LogP) is 3.00. The van der Waals surface area contributed by atoms with E-state index in [-0.39, 0.29) is 5.91 Å². The number of para-hydroxylation sites is 1. The molecule has 0 fully saturated rings. The SMILES string of the molecule is CCc1nc(NC(=O)[C@@H](N)Cc2c[nH]c3ccccc23)sc1C. The number of nitrogens with two attached hydrogens (primary N) is 1. The number of nitrogens with zero attached hydrogens (tertiary/aromatic N) is 1. The lowest BCUT2D eigenvalue weighted by atomic mass is 10.1. The third-order valence-electron chi connectivity index (χ3n) is 3.91. The molecule has 0 aliphatic rings. The van der Waals surface area contributed by atoms with E-state index < -0.39 is 6.04 Å². The summed E-state index contributed by atoms with van der Waals surface area (Å²) in [5.74, 6) is -0.202. The number of fused-ring (bicyclic) bond motifs is 1. The molecule has 3 rings (SSSR count). The number of benzene rings is 1. The maximum Gasteiger partial charge on any atom is 0.243 e. The van der Waals surface area contributed by atoms with Crippen molar-refractivity contribution in [1.82, 2.24) is 9.97 Å². The fraction of sp³-hybridized carbons (Fsp3) is 0.294. The first kappa shape index (κ1) is 15.7. The second-order valence-electron chi connectivity index (χ2n) is 5.53. The van der Waals surface area contributed by atoms with Crippen molar-refractivity contribution in [3.63, 3.8) is 0 Å². The van der Waals surface area contributed by atoms with Crippen molar-refractivity contribution in [2.24, 2.45) is 5.73 Å². The molecule has 1 amide bonds. The molecule has 0 spiro atoms. The largest absolute Gasteiger partial charge is 0.361 e. The molecule has 0 saturated carbocycles. The summed E-state index contributed by atoms with van der Waals surface area (Å²) in [6, 6.07) is 7.39. The van der Waals surface area contributed by atoms with Crippen LogP contribution in [0.1, 0.15) is 23.1 Å². The van der Waals surface area contributed by atoms with E-state index in [1.54, 1.807) is 0 Å². The van der Waals surface area contributed by atoms with E-state index in [2.05, 4.69) is 22.2 Å². The number of rotatable bonds is 5. The lowest BCUT2D eigenvalue weighted by Gasteiger charge is -2.10. The maximum absolute atomic E-state index is 12.3. The molecule has 1 atom stereocenters. The van der Waals surface area contributed by atoms with Gasteiger partial charge in [-0.15, -0.1) is 11.3 Å². The first-order valence-corrected chi connectivity index (χ1v) is 8.48. The van der Waals surface area contributed by atoms with Gasteiger partial charge < -0.3 is 16.0 Å². The monoisotopic (exact) mass is 328 g/mol. The Labute approximate surface area is 138 Å². The topological polar surface area (TPSA) is 83.8 Å². The number of carbonyl (C=O) groups excluding carboxylic acids is 1. The third kappa shape index (κ3) is 3.28. The van der Waals surface area contributed by atoms with Gasteiger partial charge in [0.1, 0.15) is 0 Å². The van der Waals surface area contributed by atoms with Gasteiger partial charge in [-0.1, -0.05) is 25.1 Å². The molecule has 0 saturated heterocycles. The number of carbonyl (C=O) groups is 1. The molecular weight excluding hydrogens is 308 g/mol. The van der Waals surface area contributed by atoms with Crippen LogP contribution in [0.3, 0.4) is 0 Å². The number of hydrogen-bond acceptors (Lipinski definition) is 4. The van der Waals surface area contributed by atoms with Crippen molar-refractivity contribution < 1.29 is 4.79 Å². The number of H-pyrrole nitrogens is 1. The van der Waals surface area contributed by atoms with E-state index in [0.29, 0.717) is 11.6 Å². The minimum absolute atomic E-state index is 0.202. The van der Waals surface area contributed by atoms with Gasteiger partial charge in [0.05, 0.1) is 11.7 Å². The highest BCUT2D eigenvalue weighted by Gasteiger charge is 2.18. The zero-order chi connectivity index (χ0) is 16.4. The molecule has 0 radical (unpaired) electrons. The molecule has 0 unspecified atom stereocenters. The van der Waals surface area contributed by atoms with Gasteiger partial charge in [-0.3, -0.25) is 4.79 Å². The Morgan fingerprint density at radius 2 is 2.22 bits per heavy atom. The Balaban J connectivity index is 1.69. The molecule has 4 N–H and O–H groups in total. The average Bonchev–Trinajstić information content (AvgIpc) is 3.11. The summed E-state index contributed by atoms with van der Waals surface area (Å²) >= 11 is 1.49. The molecule has 23 heavy (non-hydrogen) atoms. The molecule has 0 bridgehead atoms. The van der Waals surface area contributed by atoms with Crippen molar-refractivity contribution in [1.29, 1.82) is 0 Å². The average molecular weight is 328 g/mol. The minimum Gasteiger partial charge on any atom is -0.361 e. The Kier molecular flexibility index (Phi) is 4.45. The first-order chi connectivity index (χ1) is 11.1. The van der Waals surface area contributed by atoms with Crippen LogP contribution in [0.5, 0.6) is 0 Å². The van der Waals surface area contributed by atoms with Crippen LogP contribution in [0, 0.1) is 6.92 Å². The van der Waals surface area contributed by atoms with Crippen molar-refractivity contribution >= 4 is 33.3 Å². The van der Waals surface area contributed by atoms with Gasteiger partial charge in [0.2, 0.25) is 5.91 Å². The number of aromatic amines is 1. The maximum atomic E-state index is 12.3. The molecular formula is C17H20N4OS. The number of anilines is 1. The molecule has 5 nitrogen and oxygen atoms in total. The number of hydrogen-bond donors (Lipinski definition) is 3. The van der Waals surface area contributed by atoms with Gasteiger partial charge in [-0.05, 0) is 31.4 Å². The van der Waals surface area contributed by atoms with Crippen LogP contribution in [0.2, 0.25) is 0 Å². The van der Waals surface area contributed by atoms with Crippen LogP contribution in [-0.4, -0.2) is 21.9 Å². The van der Waals surface area contributed by atoms with E-state index in [1.165, 1.54) is 11.3 Å². The summed E-state index contributed by atoms with van der Waals surface area (Å²) < 4.78 is 0. The number of thiazole rings is 1. The number of aryl methyl sites for hydroxylation is 2. The zero-order valence-electron chi connectivity index (χ0n) is 13.2. The standard InChI is InChI=1S/C17H20N4OS/c1-3-14-10(2)23-17(20-14)21-16(22)13(18)8-11-9-19-15-7-5-4-6-12(11)15/h4-7,9,13,19H,3,8,18H2,1-2H3,(H,20,21,22)/t13-/m0/s1. The van der Waals surface area contributed by atoms with Gasteiger partial charge in [-0.25, -0.2) is 4.98 Å². The predicted molar refractivity (Wildman–Crippen MR) is 94.8 cm³/mol. The van der Waals surface area contributed by atoms with Crippen molar-refractivity contribution in [3.8, 4) is 0 Å². The first-order valence-electron chi connectivity index (χ1n) is 7.66. The van der Waals surface area contributed by atoms with Crippen molar-refractivity contribution in [2.45, 2.75) is 32.7 Å².